The number of piperazine rings is 1. The second-order valence-corrected chi connectivity index (χ2v) is 8.34. The molecule has 10 heteroatoms. The lowest BCUT2D eigenvalue weighted by Crippen LogP contribution is -2.52. The quantitative estimate of drug-likeness (QED) is 0.653. The molecule has 7 nitrogen and oxygen atoms in total. The van der Waals surface area contributed by atoms with Crippen molar-refractivity contribution in [1.29, 1.82) is 0 Å². The van der Waals surface area contributed by atoms with Gasteiger partial charge in [0.15, 0.2) is 11.5 Å². The van der Waals surface area contributed by atoms with Crippen LogP contribution in [-0.2, 0) is 22.3 Å². The van der Waals surface area contributed by atoms with Crippen molar-refractivity contribution in [2.45, 2.75) is 25.2 Å². The Bertz CT molecular complexity index is 1080. The maximum Gasteiger partial charge on any atom is 0.416 e. The van der Waals surface area contributed by atoms with Crippen LogP contribution in [0.1, 0.15) is 17.5 Å². The summed E-state index contributed by atoms with van der Waals surface area (Å²) in [6.07, 6.45) is -4.58. The number of imide groups is 1. The molecule has 3 heterocycles. The smallest absolute Gasteiger partial charge is 0.416 e. The lowest BCUT2D eigenvalue weighted by molar-refractivity contribution is -0.137. The Balaban J connectivity index is 1.22. The number of carbonyl (C=O) groups excluding carboxylic acids is 2. The van der Waals surface area contributed by atoms with E-state index in [1.54, 1.807) is 0 Å². The first-order valence-corrected chi connectivity index (χ1v) is 10.7. The molecule has 0 saturated carbocycles. The highest BCUT2D eigenvalue weighted by molar-refractivity contribution is 6.22. The molecule has 2 aromatic carbocycles. The Morgan fingerprint density at radius 1 is 0.939 bits per heavy atom. The fourth-order valence-corrected chi connectivity index (χ4v) is 4.52. The van der Waals surface area contributed by atoms with Crippen LogP contribution in [0.15, 0.2) is 42.5 Å². The van der Waals surface area contributed by atoms with Gasteiger partial charge in [0, 0.05) is 32.7 Å². The third-order valence-electron chi connectivity index (χ3n) is 6.25. The average Bonchev–Trinajstić information content (AvgIpc) is 3.37. The van der Waals surface area contributed by atoms with Gasteiger partial charge in [-0.2, -0.15) is 13.2 Å². The van der Waals surface area contributed by atoms with E-state index in [0.29, 0.717) is 26.2 Å². The summed E-state index contributed by atoms with van der Waals surface area (Å²) in [5, 5.41) is 0. The molecule has 2 saturated heterocycles. The van der Waals surface area contributed by atoms with Crippen LogP contribution in [0.25, 0.3) is 0 Å². The molecule has 2 amide bonds. The predicted molar refractivity (Wildman–Crippen MR) is 112 cm³/mol. The molecule has 0 bridgehead atoms. The maximum atomic E-state index is 13.1. The van der Waals surface area contributed by atoms with Crippen LogP contribution < -0.4 is 14.4 Å². The van der Waals surface area contributed by atoms with E-state index in [2.05, 4.69) is 4.90 Å². The number of ether oxygens (including phenoxy) is 2. The third kappa shape index (κ3) is 4.28. The number of carbonyl (C=O) groups is 2. The van der Waals surface area contributed by atoms with E-state index >= 15 is 0 Å². The average molecular weight is 461 g/mol. The minimum atomic E-state index is -4.55. The molecule has 0 radical (unpaired) electrons. The highest BCUT2D eigenvalue weighted by Crippen LogP contribution is 2.34. The van der Waals surface area contributed by atoms with Gasteiger partial charge in [-0.05, 0) is 35.9 Å². The summed E-state index contributed by atoms with van der Waals surface area (Å²) in [6.45, 7) is 3.53. The van der Waals surface area contributed by atoms with Crippen molar-refractivity contribution in [3.05, 3.63) is 53.6 Å². The number of nitrogens with zero attached hydrogens (tertiary/aromatic N) is 3. The Hall–Kier alpha value is -3.11. The summed E-state index contributed by atoms with van der Waals surface area (Å²) in [7, 11) is 0. The number of hydrogen-bond donors (Lipinski definition) is 0. The predicted octanol–water partition coefficient (Wildman–Crippen LogP) is 2.88. The summed E-state index contributed by atoms with van der Waals surface area (Å²) in [4.78, 5) is 30.6. The molecule has 3 aliphatic heterocycles. The van der Waals surface area contributed by atoms with Gasteiger partial charge < -0.3 is 9.47 Å². The van der Waals surface area contributed by atoms with Gasteiger partial charge in [-0.15, -0.1) is 0 Å². The Kier molecular flexibility index (Phi) is 5.49. The first kappa shape index (κ1) is 21.7. The minimum Gasteiger partial charge on any atom is -0.454 e. The van der Waals surface area contributed by atoms with Gasteiger partial charge in [0.2, 0.25) is 12.7 Å². The lowest BCUT2D eigenvalue weighted by atomic mass is 10.1. The summed E-state index contributed by atoms with van der Waals surface area (Å²) in [6, 6.07) is 9.52. The number of hydrogen-bond acceptors (Lipinski definition) is 6. The monoisotopic (exact) mass is 461 g/mol. The number of benzene rings is 2. The lowest BCUT2D eigenvalue weighted by Gasteiger charge is -2.37. The second kappa shape index (κ2) is 8.35. The Labute approximate surface area is 188 Å². The van der Waals surface area contributed by atoms with Gasteiger partial charge >= 0.3 is 6.18 Å². The number of fused-ring (bicyclic) bond motifs is 1. The molecule has 33 heavy (non-hydrogen) atoms. The second-order valence-electron chi connectivity index (χ2n) is 8.34. The van der Waals surface area contributed by atoms with Crippen molar-refractivity contribution in [2.24, 2.45) is 0 Å². The zero-order chi connectivity index (χ0) is 23.2. The van der Waals surface area contributed by atoms with Crippen molar-refractivity contribution < 1.29 is 32.2 Å². The number of halogens is 3. The summed E-state index contributed by atoms with van der Waals surface area (Å²) >= 11 is 0. The molecule has 5 rings (SSSR count). The topological polar surface area (TPSA) is 62.3 Å². The Morgan fingerprint density at radius 2 is 1.70 bits per heavy atom. The van der Waals surface area contributed by atoms with Gasteiger partial charge in [-0.25, -0.2) is 4.90 Å². The number of amides is 2. The van der Waals surface area contributed by atoms with Gasteiger partial charge in [0.25, 0.3) is 5.91 Å². The number of alkyl halides is 3. The Morgan fingerprint density at radius 3 is 2.45 bits per heavy atom. The zero-order valence-electron chi connectivity index (χ0n) is 17.7. The van der Waals surface area contributed by atoms with Gasteiger partial charge in [0.05, 0.1) is 23.7 Å². The molecule has 3 aliphatic rings. The zero-order valence-corrected chi connectivity index (χ0v) is 17.7. The number of rotatable bonds is 4. The van der Waals surface area contributed by atoms with Crippen molar-refractivity contribution in [3.63, 3.8) is 0 Å². The van der Waals surface area contributed by atoms with E-state index in [1.807, 2.05) is 23.1 Å². The molecule has 0 aromatic heterocycles. The molecule has 174 valence electrons. The normalized spacial score (nSPS) is 21.8. The van der Waals surface area contributed by atoms with Crippen molar-refractivity contribution in [1.82, 2.24) is 9.80 Å². The molecular formula is C23H22F3N3O4. The molecule has 1 atom stereocenters. The molecule has 2 fully saturated rings. The first-order chi connectivity index (χ1) is 15.8. The molecule has 0 N–H and O–H groups in total. The van der Waals surface area contributed by atoms with Crippen LogP contribution in [-0.4, -0.2) is 60.6 Å². The molecule has 0 spiro atoms. The van der Waals surface area contributed by atoms with Crippen LogP contribution in [0.2, 0.25) is 0 Å². The highest BCUT2D eigenvalue weighted by Gasteiger charge is 2.44. The number of anilines is 1. The van der Waals surface area contributed by atoms with Crippen molar-refractivity contribution in [3.8, 4) is 11.5 Å². The molecule has 2 aromatic rings. The van der Waals surface area contributed by atoms with Gasteiger partial charge in [0.1, 0.15) is 0 Å². The van der Waals surface area contributed by atoms with Gasteiger partial charge in [-0.1, -0.05) is 12.1 Å². The van der Waals surface area contributed by atoms with E-state index in [9.17, 15) is 22.8 Å². The highest BCUT2D eigenvalue weighted by atomic mass is 19.4. The minimum absolute atomic E-state index is 0.0305. The van der Waals surface area contributed by atoms with Gasteiger partial charge in [-0.3, -0.25) is 19.4 Å². The van der Waals surface area contributed by atoms with Crippen LogP contribution in [0.5, 0.6) is 11.5 Å². The van der Waals surface area contributed by atoms with Crippen molar-refractivity contribution in [2.75, 3.05) is 37.9 Å². The van der Waals surface area contributed by atoms with Crippen LogP contribution in [0, 0.1) is 0 Å². The fourth-order valence-electron chi connectivity index (χ4n) is 4.52. The van der Waals surface area contributed by atoms with E-state index in [-0.39, 0.29) is 18.9 Å². The van der Waals surface area contributed by atoms with E-state index < -0.39 is 29.6 Å². The standard InChI is InChI=1S/C23H22F3N3O4/c24-23(25,26)16-2-1-3-17(11-16)29-21(30)12-18(22(29)31)28-8-6-27(7-9-28)13-15-4-5-19-20(10-15)33-14-32-19/h1-5,10-11,18H,6-9,12-14H2. The van der Waals surface area contributed by atoms with E-state index in [4.69, 9.17) is 9.47 Å². The summed E-state index contributed by atoms with van der Waals surface area (Å²) < 4.78 is 49.9. The summed E-state index contributed by atoms with van der Waals surface area (Å²) in [5.74, 6) is 0.518. The maximum absolute atomic E-state index is 13.1. The van der Waals surface area contributed by atoms with E-state index in [1.165, 1.54) is 12.1 Å². The summed E-state index contributed by atoms with van der Waals surface area (Å²) in [5.41, 5.74) is 0.167. The molecular weight excluding hydrogens is 439 g/mol. The van der Waals surface area contributed by atoms with Crippen molar-refractivity contribution >= 4 is 17.5 Å². The largest absolute Gasteiger partial charge is 0.454 e. The SMILES string of the molecule is O=C1CC(N2CCN(Cc3ccc4c(c3)OCO4)CC2)C(=O)N1c1cccc(C(F)(F)F)c1. The van der Waals surface area contributed by atoms with Crippen LogP contribution >= 0.6 is 0 Å². The fraction of sp³-hybridized carbons (Fsp3) is 0.391. The molecule has 0 aliphatic carbocycles. The molecule has 1 unspecified atom stereocenters. The van der Waals surface area contributed by atoms with Crippen LogP contribution in [0.3, 0.4) is 0 Å². The first-order valence-electron chi connectivity index (χ1n) is 10.7. The van der Waals surface area contributed by atoms with Crippen LogP contribution in [0.4, 0.5) is 18.9 Å². The van der Waals surface area contributed by atoms with E-state index in [0.717, 1.165) is 40.6 Å². The third-order valence-corrected chi connectivity index (χ3v) is 6.25.